The first-order chi connectivity index (χ1) is 34.1. The molecule has 2 aliphatic heterocycles. The number of esters is 2. The zero-order valence-electron chi connectivity index (χ0n) is 43.3. The zero-order valence-corrected chi connectivity index (χ0v) is 44.0. The van der Waals surface area contributed by atoms with Crippen LogP contribution in [-0.4, -0.2) is 85.4 Å². The molecule has 4 aliphatic rings. The maximum Gasteiger partial charge on any atom is 0.340 e. The van der Waals surface area contributed by atoms with Crippen LogP contribution in [0.25, 0.3) is 21.8 Å². The van der Waals surface area contributed by atoms with Crippen molar-refractivity contribution >= 4 is 67.9 Å². The van der Waals surface area contributed by atoms with E-state index in [2.05, 4.69) is 82.5 Å². The number of methoxy groups -OCH3 is 2. The molecule has 16 heteroatoms. The van der Waals surface area contributed by atoms with Crippen molar-refractivity contribution < 1.29 is 47.6 Å². The summed E-state index contributed by atoms with van der Waals surface area (Å²) in [6.07, 6.45) is 3.16. The molecule has 0 saturated heterocycles. The monoisotopic (exact) mass is 1010 g/mol. The average Bonchev–Trinajstić information content (AvgIpc) is 4.04. The molecule has 1 amide bonds. The average molecular weight is 1010 g/mol. The number of fused-ring (bicyclic) bond motifs is 4. The number of halogens is 1. The molecule has 2 aromatic heterocycles. The summed E-state index contributed by atoms with van der Waals surface area (Å²) in [6.45, 7) is 23.2. The molecule has 72 heavy (non-hydrogen) atoms. The summed E-state index contributed by atoms with van der Waals surface area (Å²) in [7, 11) is 2.72. The lowest BCUT2D eigenvalue weighted by molar-refractivity contribution is -0.118. The highest BCUT2D eigenvalue weighted by Crippen LogP contribution is 2.53. The second kappa shape index (κ2) is 21.2. The van der Waals surface area contributed by atoms with E-state index in [0.717, 1.165) is 70.2 Å². The predicted molar refractivity (Wildman–Crippen MR) is 281 cm³/mol. The molecule has 0 bridgehead atoms. The molecule has 2 saturated carbocycles. The first kappa shape index (κ1) is 53.1. The highest BCUT2D eigenvalue weighted by atomic mass is 35.5. The van der Waals surface area contributed by atoms with Gasteiger partial charge in [0.1, 0.15) is 0 Å². The fourth-order valence-corrected chi connectivity index (χ4v) is 9.04. The maximum absolute atomic E-state index is 13.3. The number of rotatable bonds is 10. The summed E-state index contributed by atoms with van der Waals surface area (Å²) in [5.74, 6) is 1.87. The Balaban J connectivity index is 0.000000160. The summed E-state index contributed by atoms with van der Waals surface area (Å²) in [6, 6.07) is 22.3. The number of carbonyl (C=O) groups is 4. The Morgan fingerprint density at radius 1 is 0.625 bits per heavy atom. The van der Waals surface area contributed by atoms with Crippen molar-refractivity contribution in [3.8, 4) is 23.0 Å². The van der Waals surface area contributed by atoms with Crippen LogP contribution in [0.4, 0.5) is 11.4 Å². The first-order valence-electron chi connectivity index (χ1n) is 24.4. The van der Waals surface area contributed by atoms with Gasteiger partial charge in [-0.05, 0) is 129 Å². The Labute approximate surface area is 426 Å². The molecule has 5 N–H and O–H groups in total. The number of anilines is 2. The molecule has 0 atom stereocenters. The molecule has 0 unspecified atom stereocenters. The fourth-order valence-electron chi connectivity index (χ4n) is 8.74. The first-order valence-corrected chi connectivity index (χ1v) is 24.8. The van der Waals surface area contributed by atoms with Crippen LogP contribution in [0.15, 0.2) is 72.8 Å². The van der Waals surface area contributed by atoms with Crippen LogP contribution in [0.5, 0.6) is 23.0 Å². The van der Waals surface area contributed by atoms with Gasteiger partial charge in [0.2, 0.25) is 24.7 Å². The van der Waals surface area contributed by atoms with Crippen molar-refractivity contribution in [3.05, 3.63) is 106 Å². The quantitative estimate of drug-likeness (QED) is 0.0577. The number of ether oxygens (including phenoxy) is 6. The number of nitrogens with one attached hydrogen (secondary N) is 3. The smallest absolute Gasteiger partial charge is 0.340 e. The van der Waals surface area contributed by atoms with Crippen molar-refractivity contribution in [2.75, 3.05) is 58.5 Å². The third kappa shape index (κ3) is 11.3. The van der Waals surface area contributed by atoms with Crippen molar-refractivity contribution in [1.29, 1.82) is 0 Å². The van der Waals surface area contributed by atoms with Gasteiger partial charge in [-0.2, -0.15) is 0 Å². The molecule has 4 aromatic carbocycles. The van der Waals surface area contributed by atoms with Crippen molar-refractivity contribution in [2.45, 2.75) is 110 Å². The van der Waals surface area contributed by atoms with E-state index < -0.39 is 16.8 Å². The van der Waals surface area contributed by atoms with Gasteiger partial charge in [0, 0.05) is 44.4 Å². The van der Waals surface area contributed by atoms with Crippen molar-refractivity contribution in [3.63, 3.8) is 0 Å². The van der Waals surface area contributed by atoms with E-state index in [0.29, 0.717) is 45.3 Å². The number of nitrogens with zero attached hydrogens (tertiary/aromatic N) is 1. The van der Waals surface area contributed by atoms with Gasteiger partial charge in [-0.1, -0.05) is 74.4 Å². The van der Waals surface area contributed by atoms with Crippen LogP contribution in [0.1, 0.15) is 131 Å². The van der Waals surface area contributed by atoms with Gasteiger partial charge in [0.05, 0.1) is 47.2 Å². The standard InChI is InChI=1S/C25H26N2O5.C14H18N2O2.C11H9ClO3.C6H15N/c1-24(2,3)20-10-14-9-16(12-17(21(14)27-20)22(28)30-4)26-23(29)25(7-8-25)15-5-6-18-19(11-15)32-13-31-18;1-14(2,3)11-6-8-5-9(15)7-10(12(8)16-11)13(17)18-4;12-10(13)11(3-4-11)7-1-2-8-9(5-7)15-6-14-8;1-4-7(5-2)6-3/h5-6,9-12,27H,7-8,13H2,1-4H3,(H,26,29);5-7,16H,15H2,1-4H3;1-2,5H,3-4,6H2;4-6H2,1-3H3. The molecule has 10 rings (SSSR count). The number of aromatic nitrogens is 2. The zero-order chi connectivity index (χ0) is 52.3. The number of carbonyl (C=O) groups excluding carboxylic acids is 4. The molecule has 0 radical (unpaired) electrons. The molecular weight excluding hydrogens is 938 g/mol. The molecular formula is C56H68ClN5O10. The summed E-state index contributed by atoms with van der Waals surface area (Å²) < 4.78 is 31.1. The third-order valence-corrected chi connectivity index (χ3v) is 14.0. The maximum atomic E-state index is 13.3. The van der Waals surface area contributed by atoms with E-state index in [-0.39, 0.29) is 41.5 Å². The number of amides is 1. The predicted octanol–water partition coefficient (Wildman–Crippen LogP) is 11.0. The lowest BCUT2D eigenvalue weighted by atomic mass is 9.92. The molecule has 15 nitrogen and oxygen atoms in total. The van der Waals surface area contributed by atoms with Gasteiger partial charge in [-0.15, -0.1) is 0 Å². The van der Waals surface area contributed by atoms with Crippen LogP contribution in [0.3, 0.4) is 0 Å². The summed E-state index contributed by atoms with van der Waals surface area (Å²) >= 11 is 5.61. The Morgan fingerprint density at radius 2 is 1.06 bits per heavy atom. The molecule has 6 aromatic rings. The van der Waals surface area contributed by atoms with Crippen molar-refractivity contribution in [1.82, 2.24) is 14.9 Å². The Kier molecular flexibility index (Phi) is 15.6. The molecule has 2 fully saturated rings. The minimum atomic E-state index is -0.601. The lowest BCUT2D eigenvalue weighted by Crippen LogP contribution is -2.27. The Bertz CT molecular complexity index is 2980. The second-order valence-corrected chi connectivity index (χ2v) is 20.9. The summed E-state index contributed by atoms with van der Waals surface area (Å²) in [5.41, 5.74) is 12.0. The van der Waals surface area contributed by atoms with Gasteiger partial charge in [0.25, 0.3) is 0 Å². The van der Waals surface area contributed by atoms with Crippen LogP contribution in [0, 0.1) is 0 Å². The number of hydrogen-bond donors (Lipinski definition) is 4. The van der Waals surface area contributed by atoms with Crippen LogP contribution in [0.2, 0.25) is 0 Å². The summed E-state index contributed by atoms with van der Waals surface area (Å²) in [4.78, 5) is 57.9. The fraction of sp³-hybridized carbons (Fsp3) is 0.429. The van der Waals surface area contributed by atoms with E-state index >= 15 is 0 Å². The Hall–Kier alpha value is -6.71. The number of aromatic amines is 2. The highest BCUT2D eigenvalue weighted by molar-refractivity contribution is 6.66. The van der Waals surface area contributed by atoms with Gasteiger partial charge < -0.3 is 54.3 Å². The molecule has 2 aliphatic carbocycles. The van der Waals surface area contributed by atoms with E-state index in [1.807, 2.05) is 60.7 Å². The normalized spacial score (nSPS) is 15.3. The second-order valence-electron chi connectivity index (χ2n) is 20.5. The van der Waals surface area contributed by atoms with Gasteiger partial charge in [-0.3, -0.25) is 9.59 Å². The SMILES string of the molecule is CCN(CC)CC.COC(=O)c1cc(N)cc2cc(C(C)(C)C)[nH]c12.COC(=O)c1cc(NC(=O)C2(c3ccc4c(c3)OCO4)CC2)cc2cc(C(C)(C)C)[nH]c12.O=C(Cl)C1(c2ccc3c(c2)OCO3)CC1. The van der Waals surface area contributed by atoms with Gasteiger partial charge >= 0.3 is 11.9 Å². The largest absolute Gasteiger partial charge is 0.465 e. The van der Waals surface area contributed by atoms with E-state index in [1.165, 1.54) is 33.9 Å². The number of nitrogen functional groups attached to an aromatic ring is 1. The molecule has 384 valence electrons. The summed E-state index contributed by atoms with van der Waals surface area (Å²) in [5, 5.41) is 4.54. The Morgan fingerprint density at radius 3 is 1.46 bits per heavy atom. The number of nitrogens with two attached hydrogens (primary N) is 1. The lowest BCUT2D eigenvalue weighted by Gasteiger charge is -2.17. The highest BCUT2D eigenvalue weighted by Gasteiger charge is 2.52. The minimum Gasteiger partial charge on any atom is -0.465 e. The van der Waals surface area contributed by atoms with E-state index in [1.54, 1.807) is 12.1 Å². The van der Waals surface area contributed by atoms with Gasteiger partial charge in [-0.25, -0.2) is 9.59 Å². The van der Waals surface area contributed by atoms with Gasteiger partial charge in [0.15, 0.2) is 23.0 Å². The van der Waals surface area contributed by atoms with E-state index in [9.17, 15) is 19.2 Å². The number of hydrogen-bond acceptors (Lipinski definition) is 12. The van der Waals surface area contributed by atoms with Crippen LogP contribution < -0.4 is 30.0 Å². The third-order valence-electron chi connectivity index (χ3n) is 13.7. The minimum absolute atomic E-state index is 0.0127. The number of H-pyrrole nitrogens is 2. The van der Waals surface area contributed by atoms with E-state index in [4.69, 9.17) is 45.8 Å². The molecule has 4 heterocycles. The van der Waals surface area contributed by atoms with Crippen molar-refractivity contribution in [2.24, 2.45) is 0 Å². The van der Waals surface area contributed by atoms with Crippen LogP contribution in [-0.2, 0) is 40.7 Å². The molecule has 0 spiro atoms. The number of benzene rings is 4. The topological polar surface area (TPSA) is 197 Å². The van der Waals surface area contributed by atoms with Crippen LogP contribution >= 0.6 is 11.6 Å².